The fraction of sp³-hybridized carbons (Fsp3) is 0.550. The molecule has 0 N–H and O–H groups in total. The van der Waals surface area contributed by atoms with Crippen LogP contribution in [-0.2, 0) is 4.79 Å². The number of aromatic nitrogens is 2. The van der Waals surface area contributed by atoms with Crippen LogP contribution in [0.5, 0.6) is 0 Å². The number of anilines is 1. The monoisotopic (exact) mass is 354 g/mol. The lowest BCUT2D eigenvalue weighted by molar-refractivity contribution is -0.140. The van der Waals surface area contributed by atoms with Crippen molar-refractivity contribution >= 4 is 11.9 Å². The standard InChI is InChI=1S/C20H26N4O2/c1-15(2)24-14-20(11-9-17(24)25)10-6-12-23(13-20)19-21-18(26-22-19)16-7-4-3-5-8-16/h3-5,7-8,15H,6,9-14H2,1-2H3. The van der Waals surface area contributed by atoms with Crippen molar-refractivity contribution in [3.63, 3.8) is 0 Å². The molecule has 0 bridgehead atoms. The normalized spacial score (nSPS) is 23.9. The molecule has 2 saturated heterocycles. The maximum absolute atomic E-state index is 12.2. The Hall–Kier alpha value is -2.37. The van der Waals surface area contributed by atoms with E-state index in [0.717, 1.165) is 44.5 Å². The van der Waals surface area contributed by atoms with Gasteiger partial charge in [-0.2, -0.15) is 4.98 Å². The quantitative estimate of drug-likeness (QED) is 0.846. The number of rotatable bonds is 3. The van der Waals surface area contributed by atoms with Gasteiger partial charge in [-0.3, -0.25) is 4.79 Å². The number of hydrogen-bond donors (Lipinski definition) is 0. The van der Waals surface area contributed by atoms with E-state index in [0.29, 0.717) is 18.3 Å². The molecule has 138 valence electrons. The van der Waals surface area contributed by atoms with E-state index in [1.807, 2.05) is 35.2 Å². The molecule has 2 aliphatic rings. The van der Waals surface area contributed by atoms with Gasteiger partial charge in [0.2, 0.25) is 5.91 Å². The highest BCUT2D eigenvalue weighted by atomic mass is 16.5. The van der Waals surface area contributed by atoms with E-state index in [4.69, 9.17) is 4.52 Å². The average molecular weight is 354 g/mol. The highest BCUT2D eigenvalue weighted by Crippen LogP contribution is 2.40. The van der Waals surface area contributed by atoms with Gasteiger partial charge >= 0.3 is 0 Å². The van der Waals surface area contributed by atoms with Crippen molar-refractivity contribution in [2.45, 2.75) is 45.6 Å². The number of likely N-dealkylation sites (tertiary alicyclic amines) is 1. The first kappa shape index (κ1) is 17.1. The second-order valence-electron chi connectivity index (χ2n) is 7.91. The first-order chi connectivity index (χ1) is 12.6. The zero-order chi connectivity index (χ0) is 18.1. The molecule has 1 atom stereocenters. The maximum atomic E-state index is 12.2. The van der Waals surface area contributed by atoms with Crippen LogP contribution in [0.15, 0.2) is 34.9 Å². The van der Waals surface area contributed by atoms with Crippen molar-refractivity contribution in [1.82, 2.24) is 15.0 Å². The van der Waals surface area contributed by atoms with Crippen molar-refractivity contribution in [1.29, 1.82) is 0 Å². The van der Waals surface area contributed by atoms with Crippen LogP contribution in [0, 0.1) is 5.41 Å². The molecule has 26 heavy (non-hydrogen) atoms. The van der Waals surface area contributed by atoms with Gasteiger partial charge in [-0.15, -0.1) is 0 Å². The number of hydrogen-bond acceptors (Lipinski definition) is 5. The summed E-state index contributed by atoms with van der Waals surface area (Å²) in [5.41, 5.74) is 1.08. The Morgan fingerprint density at radius 3 is 2.73 bits per heavy atom. The van der Waals surface area contributed by atoms with E-state index >= 15 is 0 Å². The lowest BCUT2D eigenvalue weighted by Gasteiger charge is -2.49. The molecule has 1 aromatic heterocycles. The molecule has 4 rings (SSSR count). The average Bonchev–Trinajstić information content (AvgIpc) is 3.15. The molecule has 0 radical (unpaired) electrons. The molecule has 3 heterocycles. The summed E-state index contributed by atoms with van der Waals surface area (Å²) < 4.78 is 5.49. The van der Waals surface area contributed by atoms with E-state index in [2.05, 4.69) is 28.9 Å². The van der Waals surface area contributed by atoms with E-state index in [1.165, 1.54) is 0 Å². The van der Waals surface area contributed by atoms with Crippen molar-refractivity contribution < 1.29 is 9.32 Å². The number of nitrogens with zero attached hydrogens (tertiary/aromatic N) is 4. The lowest BCUT2D eigenvalue weighted by atomic mass is 9.73. The second kappa shape index (κ2) is 6.74. The molecule has 6 heteroatoms. The summed E-state index contributed by atoms with van der Waals surface area (Å²) in [6, 6.07) is 10.1. The van der Waals surface area contributed by atoms with Crippen molar-refractivity contribution in [2.75, 3.05) is 24.5 Å². The molecular weight excluding hydrogens is 328 g/mol. The zero-order valence-corrected chi connectivity index (χ0v) is 15.5. The third kappa shape index (κ3) is 3.20. The minimum Gasteiger partial charge on any atom is -0.340 e. The Morgan fingerprint density at radius 1 is 1.15 bits per heavy atom. The van der Waals surface area contributed by atoms with Crippen LogP contribution in [0.25, 0.3) is 11.5 Å². The van der Waals surface area contributed by atoms with Crippen LogP contribution in [0.1, 0.15) is 39.5 Å². The lowest BCUT2D eigenvalue weighted by Crippen LogP contribution is -2.55. The van der Waals surface area contributed by atoms with Crippen LogP contribution >= 0.6 is 0 Å². The molecule has 1 aromatic carbocycles. The van der Waals surface area contributed by atoms with Crippen molar-refractivity contribution in [2.24, 2.45) is 5.41 Å². The van der Waals surface area contributed by atoms with Crippen LogP contribution in [0.2, 0.25) is 0 Å². The molecule has 2 fully saturated rings. The Balaban J connectivity index is 1.52. The number of benzene rings is 1. The third-order valence-corrected chi connectivity index (χ3v) is 5.70. The molecule has 0 aliphatic carbocycles. The van der Waals surface area contributed by atoms with Gasteiger partial charge in [0.15, 0.2) is 0 Å². The van der Waals surface area contributed by atoms with Crippen LogP contribution in [0.3, 0.4) is 0 Å². The predicted octanol–water partition coefficient (Wildman–Crippen LogP) is 3.35. The Labute approximate surface area is 154 Å². The summed E-state index contributed by atoms with van der Waals surface area (Å²) in [7, 11) is 0. The summed E-state index contributed by atoms with van der Waals surface area (Å²) in [4.78, 5) is 21.1. The van der Waals surface area contributed by atoms with Crippen LogP contribution in [-0.4, -0.2) is 46.6 Å². The largest absolute Gasteiger partial charge is 0.340 e. The predicted molar refractivity (Wildman–Crippen MR) is 99.7 cm³/mol. The van der Waals surface area contributed by atoms with Crippen LogP contribution < -0.4 is 4.90 Å². The molecule has 1 amide bonds. The molecule has 1 unspecified atom stereocenters. The minimum absolute atomic E-state index is 0.143. The fourth-order valence-corrected chi connectivity index (χ4v) is 4.27. The summed E-state index contributed by atoms with van der Waals surface area (Å²) >= 11 is 0. The highest BCUT2D eigenvalue weighted by Gasteiger charge is 2.43. The smallest absolute Gasteiger partial charge is 0.266 e. The third-order valence-electron chi connectivity index (χ3n) is 5.70. The summed E-state index contributed by atoms with van der Waals surface area (Å²) in [6.45, 7) is 6.86. The Bertz CT molecular complexity index is 773. The van der Waals surface area contributed by atoms with Gasteiger partial charge in [0, 0.05) is 43.1 Å². The molecule has 0 saturated carbocycles. The summed E-state index contributed by atoms with van der Waals surface area (Å²) in [5.74, 6) is 1.51. The molecule has 6 nitrogen and oxygen atoms in total. The van der Waals surface area contributed by atoms with Gasteiger partial charge in [0.1, 0.15) is 0 Å². The molecular formula is C20H26N4O2. The number of amides is 1. The van der Waals surface area contributed by atoms with Crippen LogP contribution in [0.4, 0.5) is 5.95 Å². The summed E-state index contributed by atoms with van der Waals surface area (Å²) in [5, 5.41) is 4.22. The van der Waals surface area contributed by atoms with Gasteiger partial charge in [0.25, 0.3) is 11.8 Å². The molecule has 2 aliphatic heterocycles. The SMILES string of the molecule is CC(C)N1CC2(CCCN(c3noc(-c4ccccc4)n3)C2)CCC1=O. The van der Waals surface area contributed by atoms with Gasteiger partial charge in [-0.25, -0.2) is 0 Å². The van der Waals surface area contributed by atoms with Gasteiger partial charge in [-0.05, 0) is 50.4 Å². The molecule has 2 aromatic rings. The Kier molecular flexibility index (Phi) is 4.42. The van der Waals surface area contributed by atoms with E-state index in [-0.39, 0.29) is 17.4 Å². The highest BCUT2D eigenvalue weighted by molar-refractivity contribution is 5.77. The number of carbonyl (C=O) groups is 1. The van der Waals surface area contributed by atoms with E-state index in [1.54, 1.807) is 0 Å². The fourth-order valence-electron chi connectivity index (χ4n) is 4.27. The first-order valence-corrected chi connectivity index (χ1v) is 9.50. The maximum Gasteiger partial charge on any atom is 0.266 e. The second-order valence-corrected chi connectivity index (χ2v) is 7.91. The topological polar surface area (TPSA) is 62.5 Å². The number of carbonyl (C=O) groups excluding carboxylic acids is 1. The van der Waals surface area contributed by atoms with Gasteiger partial charge < -0.3 is 14.3 Å². The molecule has 1 spiro atoms. The zero-order valence-electron chi connectivity index (χ0n) is 15.5. The summed E-state index contributed by atoms with van der Waals surface area (Å²) in [6.07, 6.45) is 3.85. The minimum atomic E-state index is 0.143. The van der Waals surface area contributed by atoms with E-state index < -0.39 is 0 Å². The van der Waals surface area contributed by atoms with Gasteiger partial charge in [0.05, 0.1) is 0 Å². The number of piperidine rings is 2. The van der Waals surface area contributed by atoms with Crippen molar-refractivity contribution in [3.8, 4) is 11.5 Å². The van der Waals surface area contributed by atoms with E-state index in [9.17, 15) is 4.79 Å². The Morgan fingerprint density at radius 2 is 1.96 bits per heavy atom. The van der Waals surface area contributed by atoms with Gasteiger partial charge in [-0.1, -0.05) is 18.2 Å². The first-order valence-electron chi connectivity index (χ1n) is 9.50. The van der Waals surface area contributed by atoms with Crippen molar-refractivity contribution in [3.05, 3.63) is 30.3 Å².